The summed E-state index contributed by atoms with van der Waals surface area (Å²) < 4.78 is 0. The molecule has 1 atom stereocenters. The van der Waals surface area contributed by atoms with Crippen molar-refractivity contribution in [3.05, 3.63) is 47.0 Å². The Morgan fingerprint density at radius 2 is 2.33 bits per heavy atom. The van der Waals surface area contributed by atoms with Crippen LogP contribution in [0.2, 0.25) is 0 Å². The zero-order chi connectivity index (χ0) is 16.5. The van der Waals surface area contributed by atoms with Crippen LogP contribution in [0.3, 0.4) is 0 Å². The predicted octanol–water partition coefficient (Wildman–Crippen LogP) is 3.19. The maximum atomic E-state index is 12.8. The number of nitrogens with one attached hydrogen (secondary N) is 2. The molecule has 3 aromatic rings. The number of H-pyrrole nitrogens is 2. The van der Waals surface area contributed by atoms with Gasteiger partial charge in [0, 0.05) is 36.3 Å². The quantitative estimate of drug-likeness (QED) is 0.768. The van der Waals surface area contributed by atoms with E-state index in [-0.39, 0.29) is 11.8 Å². The van der Waals surface area contributed by atoms with Crippen molar-refractivity contribution >= 4 is 17.2 Å². The van der Waals surface area contributed by atoms with Gasteiger partial charge in [0.15, 0.2) is 5.69 Å². The maximum Gasteiger partial charge on any atom is 0.274 e. The van der Waals surface area contributed by atoms with Crippen LogP contribution in [0.5, 0.6) is 0 Å². The molecule has 1 amide bonds. The second-order valence-corrected chi connectivity index (χ2v) is 7.43. The number of piperidine rings is 1. The maximum absolute atomic E-state index is 12.8. The second-order valence-electron chi connectivity index (χ2n) is 6.14. The third kappa shape index (κ3) is 2.87. The standard InChI is InChI=1S/C17H19N5OS/c1-11-4-5-15(24-11)13-9-14(21-20-13)17(23)22-8-2-3-12(10-22)16-18-6-7-19-16/h4-7,9,12H,2-3,8,10H2,1H3,(H,18,19)(H,20,21)/t12-/m1/s1. The van der Waals surface area contributed by atoms with Gasteiger partial charge in [-0.05, 0) is 38.0 Å². The molecule has 0 unspecified atom stereocenters. The highest BCUT2D eigenvalue weighted by Gasteiger charge is 2.28. The Bertz CT molecular complexity index is 835. The van der Waals surface area contributed by atoms with Crippen LogP contribution >= 0.6 is 11.3 Å². The van der Waals surface area contributed by atoms with Crippen molar-refractivity contribution < 1.29 is 4.79 Å². The van der Waals surface area contributed by atoms with Crippen LogP contribution in [0, 0.1) is 6.92 Å². The molecule has 0 aromatic carbocycles. The van der Waals surface area contributed by atoms with Gasteiger partial charge in [-0.15, -0.1) is 11.3 Å². The van der Waals surface area contributed by atoms with Crippen molar-refractivity contribution in [3.63, 3.8) is 0 Å². The van der Waals surface area contributed by atoms with Gasteiger partial charge in [0.25, 0.3) is 5.91 Å². The lowest BCUT2D eigenvalue weighted by Gasteiger charge is -2.31. The van der Waals surface area contributed by atoms with Crippen molar-refractivity contribution in [1.82, 2.24) is 25.1 Å². The van der Waals surface area contributed by atoms with E-state index in [1.54, 1.807) is 17.5 Å². The molecule has 1 saturated heterocycles. The lowest BCUT2D eigenvalue weighted by Crippen LogP contribution is -2.39. The molecule has 24 heavy (non-hydrogen) atoms. The molecular formula is C17H19N5OS. The Hall–Kier alpha value is -2.41. The summed E-state index contributed by atoms with van der Waals surface area (Å²) in [5.41, 5.74) is 1.38. The monoisotopic (exact) mass is 341 g/mol. The van der Waals surface area contributed by atoms with Gasteiger partial charge < -0.3 is 9.88 Å². The number of amides is 1. The first kappa shape index (κ1) is 15.1. The van der Waals surface area contributed by atoms with Crippen molar-refractivity contribution in [1.29, 1.82) is 0 Å². The van der Waals surface area contributed by atoms with E-state index in [0.717, 1.165) is 35.8 Å². The minimum Gasteiger partial charge on any atom is -0.348 e. The number of thiophene rings is 1. The zero-order valence-corrected chi connectivity index (χ0v) is 14.3. The Morgan fingerprint density at radius 3 is 3.08 bits per heavy atom. The topological polar surface area (TPSA) is 77.7 Å². The Labute approximate surface area is 143 Å². The Morgan fingerprint density at radius 1 is 1.42 bits per heavy atom. The highest BCUT2D eigenvalue weighted by molar-refractivity contribution is 7.15. The Balaban J connectivity index is 1.50. The van der Waals surface area contributed by atoms with Gasteiger partial charge in [-0.25, -0.2) is 4.98 Å². The Kier molecular flexibility index (Phi) is 3.93. The molecule has 2 N–H and O–H groups in total. The number of hydrogen-bond acceptors (Lipinski definition) is 4. The first-order valence-corrected chi connectivity index (χ1v) is 8.93. The fourth-order valence-electron chi connectivity index (χ4n) is 3.18. The van der Waals surface area contributed by atoms with Crippen molar-refractivity contribution in [2.45, 2.75) is 25.7 Å². The minimum atomic E-state index is -0.0120. The molecule has 4 rings (SSSR count). The van der Waals surface area contributed by atoms with Gasteiger partial charge >= 0.3 is 0 Å². The number of likely N-dealkylation sites (tertiary alicyclic amines) is 1. The number of aromatic nitrogens is 4. The van der Waals surface area contributed by atoms with E-state index < -0.39 is 0 Å². The van der Waals surface area contributed by atoms with Gasteiger partial charge in [-0.1, -0.05) is 0 Å². The first-order valence-electron chi connectivity index (χ1n) is 8.11. The van der Waals surface area contributed by atoms with Gasteiger partial charge in [0.1, 0.15) is 5.82 Å². The number of carbonyl (C=O) groups is 1. The number of carbonyl (C=O) groups excluding carboxylic acids is 1. The van der Waals surface area contributed by atoms with Crippen LogP contribution in [-0.4, -0.2) is 44.1 Å². The number of imidazole rings is 1. The summed E-state index contributed by atoms with van der Waals surface area (Å²) in [5, 5.41) is 7.22. The van der Waals surface area contributed by atoms with Crippen LogP contribution in [-0.2, 0) is 0 Å². The summed E-state index contributed by atoms with van der Waals surface area (Å²) >= 11 is 1.69. The SMILES string of the molecule is Cc1ccc(-c2cc(C(=O)N3CCC[C@@H](c4ncc[nH]4)C3)n[nH]2)s1. The molecule has 1 aliphatic rings. The molecule has 3 aromatic heterocycles. The molecule has 0 radical (unpaired) electrons. The zero-order valence-electron chi connectivity index (χ0n) is 13.5. The number of aromatic amines is 2. The van der Waals surface area contributed by atoms with Crippen LogP contribution in [0.1, 0.15) is 39.9 Å². The summed E-state index contributed by atoms with van der Waals surface area (Å²) in [7, 11) is 0. The largest absolute Gasteiger partial charge is 0.348 e. The molecule has 4 heterocycles. The number of hydrogen-bond donors (Lipinski definition) is 2. The summed E-state index contributed by atoms with van der Waals surface area (Å²) in [6.07, 6.45) is 5.63. The number of nitrogens with zero attached hydrogens (tertiary/aromatic N) is 3. The smallest absolute Gasteiger partial charge is 0.274 e. The van der Waals surface area contributed by atoms with Crippen LogP contribution in [0.4, 0.5) is 0 Å². The highest BCUT2D eigenvalue weighted by Crippen LogP contribution is 2.28. The number of aryl methyl sites for hydroxylation is 1. The van der Waals surface area contributed by atoms with E-state index in [1.807, 2.05) is 17.2 Å². The van der Waals surface area contributed by atoms with Gasteiger partial charge in [-0.2, -0.15) is 5.10 Å². The third-order valence-electron chi connectivity index (χ3n) is 4.42. The summed E-state index contributed by atoms with van der Waals surface area (Å²) in [6.45, 7) is 3.53. The lowest BCUT2D eigenvalue weighted by atomic mass is 9.97. The summed E-state index contributed by atoms with van der Waals surface area (Å²) in [6, 6.07) is 5.97. The van der Waals surface area contributed by atoms with E-state index >= 15 is 0 Å². The van der Waals surface area contributed by atoms with Crippen molar-refractivity contribution in [3.8, 4) is 10.6 Å². The molecule has 124 valence electrons. The fraction of sp³-hybridized carbons (Fsp3) is 0.353. The van der Waals surface area contributed by atoms with Gasteiger partial charge in [0.2, 0.25) is 0 Å². The van der Waals surface area contributed by atoms with E-state index in [0.29, 0.717) is 12.2 Å². The van der Waals surface area contributed by atoms with Crippen LogP contribution in [0.15, 0.2) is 30.6 Å². The normalized spacial score (nSPS) is 18.0. The average molecular weight is 341 g/mol. The van der Waals surface area contributed by atoms with Crippen molar-refractivity contribution in [2.75, 3.05) is 13.1 Å². The fourth-order valence-corrected chi connectivity index (χ4v) is 4.02. The molecule has 7 heteroatoms. The molecule has 1 fully saturated rings. The molecule has 0 aliphatic carbocycles. The number of rotatable bonds is 3. The lowest BCUT2D eigenvalue weighted by molar-refractivity contribution is 0.0699. The van der Waals surface area contributed by atoms with E-state index in [4.69, 9.17) is 0 Å². The van der Waals surface area contributed by atoms with Crippen LogP contribution < -0.4 is 0 Å². The average Bonchev–Trinajstić information content (AvgIpc) is 3.35. The van der Waals surface area contributed by atoms with Crippen molar-refractivity contribution in [2.24, 2.45) is 0 Å². The molecule has 0 bridgehead atoms. The van der Waals surface area contributed by atoms with E-state index in [9.17, 15) is 4.79 Å². The van der Waals surface area contributed by atoms with E-state index in [1.165, 1.54) is 4.88 Å². The predicted molar refractivity (Wildman–Crippen MR) is 93.1 cm³/mol. The third-order valence-corrected chi connectivity index (χ3v) is 5.45. The molecule has 0 spiro atoms. The molecule has 0 saturated carbocycles. The summed E-state index contributed by atoms with van der Waals surface area (Å²) in [5.74, 6) is 1.22. The molecule has 1 aliphatic heterocycles. The first-order chi connectivity index (χ1) is 11.7. The molecule has 6 nitrogen and oxygen atoms in total. The summed E-state index contributed by atoms with van der Waals surface area (Å²) in [4.78, 5) is 24.5. The molecular weight excluding hydrogens is 322 g/mol. The van der Waals surface area contributed by atoms with Gasteiger partial charge in [-0.3, -0.25) is 9.89 Å². The van der Waals surface area contributed by atoms with Crippen LogP contribution in [0.25, 0.3) is 10.6 Å². The highest BCUT2D eigenvalue weighted by atomic mass is 32.1. The van der Waals surface area contributed by atoms with Gasteiger partial charge in [0.05, 0.1) is 10.6 Å². The second kappa shape index (κ2) is 6.24. The van der Waals surface area contributed by atoms with E-state index in [2.05, 4.69) is 39.2 Å². The minimum absolute atomic E-state index is 0.0120.